The summed E-state index contributed by atoms with van der Waals surface area (Å²) in [6.45, 7) is 0. The highest BCUT2D eigenvalue weighted by molar-refractivity contribution is 7.92. The Bertz CT molecular complexity index is 1070. The summed E-state index contributed by atoms with van der Waals surface area (Å²) in [5, 5.41) is 9.15. The van der Waals surface area contributed by atoms with Gasteiger partial charge in [0.2, 0.25) is 0 Å². The van der Waals surface area contributed by atoms with Crippen molar-refractivity contribution in [2.45, 2.75) is 4.90 Å². The lowest BCUT2D eigenvalue weighted by molar-refractivity contribution is 0.0697. The normalized spacial score (nSPS) is 11.0. The van der Waals surface area contributed by atoms with Gasteiger partial charge in [0.1, 0.15) is 16.4 Å². The minimum Gasteiger partial charge on any atom is -0.478 e. The van der Waals surface area contributed by atoms with Crippen molar-refractivity contribution in [3.8, 4) is 11.5 Å². The monoisotopic (exact) mass is 403 g/mol. The Morgan fingerprint density at radius 2 is 1.56 bits per heavy atom. The lowest BCUT2D eigenvalue weighted by atomic mass is 10.2. The molecule has 0 aliphatic rings. The van der Waals surface area contributed by atoms with Crippen molar-refractivity contribution in [1.29, 1.82) is 0 Å². The van der Waals surface area contributed by atoms with E-state index in [1.807, 2.05) is 0 Å². The third-order valence-corrected chi connectivity index (χ3v) is 5.27. The number of benzene rings is 3. The molecule has 0 saturated carbocycles. The van der Waals surface area contributed by atoms with Crippen molar-refractivity contribution in [2.24, 2.45) is 0 Å². The Morgan fingerprint density at radius 3 is 2.15 bits per heavy atom. The highest BCUT2D eigenvalue weighted by atomic mass is 35.5. The van der Waals surface area contributed by atoms with E-state index in [2.05, 4.69) is 4.72 Å². The quantitative estimate of drug-likeness (QED) is 0.625. The van der Waals surface area contributed by atoms with Crippen LogP contribution < -0.4 is 9.46 Å². The number of carboxylic acids is 1. The van der Waals surface area contributed by atoms with Gasteiger partial charge in [0.25, 0.3) is 10.0 Å². The number of anilines is 1. The number of carboxylic acid groups (broad SMARTS) is 1. The molecule has 138 valence electrons. The summed E-state index contributed by atoms with van der Waals surface area (Å²) in [6.07, 6.45) is 0. The first-order valence-electron chi connectivity index (χ1n) is 7.74. The Balaban J connectivity index is 2.10. The second-order valence-corrected chi connectivity index (χ2v) is 7.53. The summed E-state index contributed by atoms with van der Waals surface area (Å²) in [5.41, 5.74) is -0.0134. The smallest absolute Gasteiger partial charge is 0.337 e. The van der Waals surface area contributed by atoms with E-state index < -0.39 is 16.0 Å². The SMILES string of the molecule is O=C(O)c1cc(S(=O)(=O)Nc2ccccc2)c(Oc2ccccc2)cc1Cl. The van der Waals surface area contributed by atoms with Crippen molar-refractivity contribution in [2.75, 3.05) is 4.72 Å². The second-order valence-electron chi connectivity index (χ2n) is 5.47. The second kappa shape index (κ2) is 7.69. The average Bonchev–Trinajstić information content (AvgIpc) is 2.62. The van der Waals surface area contributed by atoms with Crippen molar-refractivity contribution >= 4 is 33.3 Å². The van der Waals surface area contributed by atoms with E-state index in [1.54, 1.807) is 60.7 Å². The van der Waals surface area contributed by atoms with Crippen LogP contribution in [0.5, 0.6) is 11.5 Å². The van der Waals surface area contributed by atoms with Gasteiger partial charge in [-0.25, -0.2) is 13.2 Å². The van der Waals surface area contributed by atoms with Crippen LogP contribution >= 0.6 is 11.6 Å². The van der Waals surface area contributed by atoms with Crippen LogP contribution in [0.15, 0.2) is 77.7 Å². The van der Waals surface area contributed by atoms with Gasteiger partial charge in [0, 0.05) is 11.8 Å². The van der Waals surface area contributed by atoms with E-state index in [9.17, 15) is 18.3 Å². The molecule has 0 amide bonds. The van der Waals surface area contributed by atoms with Gasteiger partial charge in [-0.2, -0.15) is 0 Å². The van der Waals surface area contributed by atoms with Crippen molar-refractivity contribution in [3.05, 3.63) is 83.4 Å². The van der Waals surface area contributed by atoms with Crippen LogP contribution in [0.3, 0.4) is 0 Å². The Morgan fingerprint density at radius 1 is 0.963 bits per heavy atom. The van der Waals surface area contributed by atoms with Gasteiger partial charge in [-0.1, -0.05) is 48.0 Å². The van der Waals surface area contributed by atoms with Crippen molar-refractivity contribution in [3.63, 3.8) is 0 Å². The Kier molecular flexibility index (Phi) is 5.34. The zero-order chi connectivity index (χ0) is 19.4. The predicted octanol–water partition coefficient (Wildman–Crippen LogP) is 4.63. The molecule has 27 heavy (non-hydrogen) atoms. The van der Waals surface area contributed by atoms with Crippen molar-refractivity contribution in [1.82, 2.24) is 0 Å². The molecular formula is C19H14ClNO5S. The molecule has 0 aromatic heterocycles. The molecule has 0 aliphatic heterocycles. The first-order valence-corrected chi connectivity index (χ1v) is 9.60. The number of halogens is 1. The lowest BCUT2D eigenvalue weighted by Crippen LogP contribution is -2.15. The fourth-order valence-electron chi connectivity index (χ4n) is 2.32. The van der Waals surface area contributed by atoms with Crippen LogP contribution in [0.2, 0.25) is 5.02 Å². The van der Waals surface area contributed by atoms with E-state index in [4.69, 9.17) is 16.3 Å². The Hall–Kier alpha value is -3.03. The fourth-order valence-corrected chi connectivity index (χ4v) is 3.75. The Labute approximate surface area is 161 Å². The highest BCUT2D eigenvalue weighted by Gasteiger charge is 2.25. The van der Waals surface area contributed by atoms with Crippen LogP contribution in [0.4, 0.5) is 5.69 Å². The topological polar surface area (TPSA) is 92.7 Å². The molecule has 3 rings (SSSR count). The fraction of sp³-hybridized carbons (Fsp3) is 0. The molecule has 3 aromatic rings. The average molecular weight is 404 g/mol. The molecule has 0 heterocycles. The van der Waals surface area contributed by atoms with Crippen LogP contribution in [0.1, 0.15) is 10.4 Å². The predicted molar refractivity (Wildman–Crippen MR) is 102 cm³/mol. The van der Waals surface area contributed by atoms with Crippen molar-refractivity contribution < 1.29 is 23.1 Å². The zero-order valence-corrected chi connectivity index (χ0v) is 15.4. The van der Waals surface area contributed by atoms with Gasteiger partial charge in [-0.3, -0.25) is 4.72 Å². The molecule has 6 nitrogen and oxygen atoms in total. The minimum absolute atomic E-state index is 0.0837. The highest BCUT2D eigenvalue weighted by Crippen LogP contribution is 2.35. The van der Waals surface area contributed by atoms with Gasteiger partial charge in [-0.05, 0) is 30.3 Å². The molecule has 0 unspecified atom stereocenters. The van der Waals surface area contributed by atoms with Crippen LogP contribution in [-0.4, -0.2) is 19.5 Å². The molecule has 0 bridgehead atoms. The number of sulfonamides is 1. The van der Waals surface area contributed by atoms with Gasteiger partial charge < -0.3 is 9.84 Å². The summed E-state index contributed by atoms with van der Waals surface area (Å²) in [4.78, 5) is 11.1. The van der Waals surface area contributed by atoms with E-state index >= 15 is 0 Å². The molecule has 0 aliphatic carbocycles. The van der Waals surface area contributed by atoms with Gasteiger partial charge in [0.15, 0.2) is 0 Å². The molecule has 8 heteroatoms. The maximum Gasteiger partial charge on any atom is 0.337 e. The van der Waals surface area contributed by atoms with Crippen LogP contribution in [0.25, 0.3) is 0 Å². The first-order chi connectivity index (χ1) is 12.9. The maximum absolute atomic E-state index is 12.9. The number of nitrogens with one attached hydrogen (secondary N) is 1. The van der Waals surface area contributed by atoms with Crippen LogP contribution in [0, 0.1) is 0 Å². The lowest BCUT2D eigenvalue weighted by Gasteiger charge is -2.15. The third-order valence-electron chi connectivity index (χ3n) is 3.55. The number of hydrogen-bond donors (Lipinski definition) is 2. The molecule has 0 atom stereocenters. The van der Waals surface area contributed by atoms with E-state index in [1.165, 1.54) is 6.07 Å². The number of para-hydroxylation sites is 2. The van der Waals surface area contributed by atoms with E-state index in [-0.39, 0.29) is 21.2 Å². The maximum atomic E-state index is 12.9. The van der Waals surface area contributed by atoms with Gasteiger partial charge in [0.05, 0.1) is 10.6 Å². The van der Waals surface area contributed by atoms with Crippen LogP contribution in [-0.2, 0) is 10.0 Å². The van der Waals surface area contributed by atoms with E-state index in [0.29, 0.717) is 11.4 Å². The zero-order valence-electron chi connectivity index (χ0n) is 13.8. The number of aromatic carboxylic acids is 1. The number of hydrogen-bond acceptors (Lipinski definition) is 4. The molecule has 0 fully saturated rings. The number of carbonyl (C=O) groups is 1. The number of ether oxygens (including phenoxy) is 1. The summed E-state index contributed by atoms with van der Waals surface area (Å²) >= 11 is 6.00. The molecular weight excluding hydrogens is 390 g/mol. The molecule has 2 N–H and O–H groups in total. The van der Waals surface area contributed by atoms with E-state index in [0.717, 1.165) is 6.07 Å². The van der Waals surface area contributed by atoms with Gasteiger partial charge >= 0.3 is 5.97 Å². The largest absolute Gasteiger partial charge is 0.478 e. The molecule has 0 saturated heterocycles. The number of rotatable bonds is 6. The summed E-state index contributed by atoms with van der Waals surface area (Å²) in [5.74, 6) is -1.05. The summed E-state index contributed by atoms with van der Waals surface area (Å²) in [6, 6.07) is 18.9. The first kappa shape index (κ1) is 18.8. The standard InChI is InChI=1S/C19H14ClNO5S/c20-16-12-17(26-14-9-5-2-6-10-14)18(11-15(16)19(22)23)27(24,25)21-13-7-3-1-4-8-13/h1-12,21H,(H,22,23). The minimum atomic E-state index is -4.13. The molecule has 0 spiro atoms. The summed E-state index contributed by atoms with van der Waals surface area (Å²) < 4.78 is 33.8. The molecule has 3 aromatic carbocycles. The molecule has 0 radical (unpaired) electrons. The van der Waals surface area contributed by atoms with Gasteiger partial charge in [-0.15, -0.1) is 0 Å². The summed E-state index contributed by atoms with van der Waals surface area (Å²) in [7, 11) is -4.13. The third kappa shape index (κ3) is 4.39.